The molecule has 0 radical (unpaired) electrons. The first-order chi connectivity index (χ1) is 11.5. The van der Waals surface area contributed by atoms with Gasteiger partial charge in [0.1, 0.15) is 6.54 Å². The minimum atomic E-state index is -0.136. The summed E-state index contributed by atoms with van der Waals surface area (Å²) < 4.78 is 0. The lowest BCUT2D eigenvalue weighted by Gasteiger charge is -2.19. The largest absolute Gasteiger partial charge is 0.355 e. The number of carbonyl (C=O) groups is 2. The zero-order chi connectivity index (χ0) is 17.5. The second kappa shape index (κ2) is 8.83. The highest BCUT2D eigenvalue weighted by Gasteiger charge is 2.34. The van der Waals surface area contributed by atoms with Crippen molar-refractivity contribution >= 4 is 11.8 Å². The van der Waals surface area contributed by atoms with Crippen molar-refractivity contribution in [3.05, 3.63) is 35.4 Å². The second-order valence-electron chi connectivity index (χ2n) is 6.91. The zero-order valence-electron chi connectivity index (χ0n) is 15.0. The van der Waals surface area contributed by atoms with Crippen LogP contribution in [0.2, 0.25) is 0 Å². The van der Waals surface area contributed by atoms with Crippen molar-refractivity contribution in [2.24, 2.45) is 0 Å². The molecule has 1 saturated carbocycles. The molecule has 1 aliphatic rings. The maximum atomic E-state index is 12.1. The van der Waals surface area contributed by atoms with Gasteiger partial charge in [-0.25, -0.2) is 0 Å². The predicted molar refractivity (Wildman–Crippen MR) is 94.8 cm³/mol. The van der Waals surface area contributed by atoms with Gasteiger partial charge in [0, 0.05) is 24.9 Å². The lowest BCUT2D eigenvalue weighted by atomic mass is 10.0. The number of carbonyl (C=O) groups excluding carboxylic acids is 2. The van der Waals surface area contributed by atoms with E-state index in [0.717, 1.165) is 6.54 Å². The summed E-state index contributed by atoms with van der Waals surface area (Å²) in [5.74, 6) is 0.344. The molecule has 1 unspecified atom stereocenters. The van der Waals surface area contributed by atoms with E-state index in [1.807, 2.05) is 6.92 Å². The van der Waals surface area contributed by atoms with Crippen LogP contribution in [0.4, 0.5) is 0 Å². The van der Waals surface area contributed by atoms with Crippen LogP contribution in [0.25, 0.3) is 0 Å². The summed E-state index contributed by atoms with van der Waals surface area (Å²) in [6.07, 6.45) is 2.37. The number of hydrogen-bond acceptors (Lipinski definition) is 2. The quantitative estimate of drug-likeness (QED) is 0.620. The van der Waals surface area contributed by atoms with Gasteiger partial charge in [-0.05, 0) is 18.4 Å². The van der Waals surface area contributed by atoms with E-state index in [1.165, 1.54) is 28.9 Å². The Morgan fingerprint density at radius 1 is 1.12 bits per heavy atom. The molecule has 3 N–H and O–H groups in total. The third-order valence-electron chi connectivity index (χ3n) is 4.44. The van der Waals surface area contributed by atoms with E-state index >= 15 is 0 Å². The Bertz CT molecular complexity index is 550. The Kier molecular flexibility index (Phi) is 6.79. The van der Waals surface area contributed by atoms with Gasteiger partial charge >= 0.3 is 0 Å². The molecule has 0 bridgehead atoms. The number of rotatable bonds is 9. The van der Waals surface area contributed by atoms with Crippen LogP contribution in [-0.4, -0.2) is 37.5 Å². The lowest BCUT2D eigenvalue weighted by molar-refractivity contribution is -0.917. The van der Waals surface area contributed by atoms with E-state index in [9.17, 15) is 9.59 Å². The fraction of sp³-hybridized carbons (Fsp3) is 0.579. The molecule has 1 aromatic carbocycles. The van der Waals surface area contributed by atoms with Crippen LogP contribution in [0.3, 0.4) is 0 Å². The van der Waals surface area contributed by atoms with Crippen LogP contribution in [0.1, 0.15) is 50.7 Å². The lowest BCUT2D eigenvalue weighted by Crippen LogP contribution is -3.13. The molecule has 2 amide bonds. The van der Waals surface area contributed by atoms with E-state index < -0.39 is 0 Å². The van der Waals surface area contributed by atoms with Crippen LogP contribution in [0, 0.1) is 0 Å². The van der Waals surface area contributed by atoms with Gasteiger partial charge in [-0.2, -0.15) is 0 Å². The maximum absolute atomic E-state index is 12.1. The number of benzene rings is 1. The normalized spacial score (nSPS) is 15.2. The molecule has 132 valence electrons. The van der Waals surface area contributed by atoms with Crippen LogP contribution >= 0.6 is 0 Å². The van der Waals surface area contributed by atoms with Gasteiger partial charge in [-0.3, -0.25) is 9.59 Å². The number of likely N-dealkylation sites (N-methyl/N-ethyl adjacent to an activating group) is 1. The van der Waals surface area contributed by atoms with Crippen molar-refractivity contribution in [2.75, 3.05) is 19.6 Å². The van der Waals surface area contributed by atoms with E-state index in [0.29, 0.717) is 25.0 Å². The molecule has 5 heteroatoms. The summed E-state index contributed by atoms with van der Waals surface area (Å²) in [5.41, 5.74) is 2.60. The molecule has 0 spiro atoms. The molecule has 24 heavy (non-hydrogen) atoms. The summed E-state index contributed by atoms with van der Waals surface area (Å²) in [4.78, 5) is 24.8. The predicted octanol–water partition coefficient (Wildman–Crippen LogP) is 0.610. The summed E-state index contributed by atoms with van der Waals surface area (Å²) in [6, 6.07) is 9.28. The number of nitrogens with one attached hydrogen (secondary N) is 3. The molecule has 1 atom stereocenters. The molecule has 2 rings (SSSR count). The standard InChI is InChI=1S/C19H29N3O2/c1-4-20-18(23)11-21-19(24)13-22(17-9-10-17)12-15-5-7-16(8-6-15)14(2)3/h5-8,14,17H,4,9-13H2,1-3H3,(H,20,23)(H,21,24)/p+1. The highest BCUT2D eigenvalue weighted by atomic mass is 16.2. The van der Waals surface area contributed by atoms with Gasteiger partial charge in [0.2, 0.25) is 5.91 Å². The van der Waals surface area contributed by atoms with Crippen molar-refractivity contribution in [1.82, 2.24) is 10.6 Å². The molecule has 0 aromatic heterocycles. The topological polar surface area (TPSA) is 62.6 Å². The van der Waals surface area contributed by atoms with E-state index in [1.54, 1.807) is 0 Å². The van der Waals surface area contributed by atoms with E-state index in [-0.39, 0.29) is 18.4 Å². The summed E-state index contributed by atoms with van der Waals surface area (Å²) in [6.45, 7) is 8.18. The Hall–Kier alpha value is -1.88. The van der Waals surface area contributed by atoms with Gasteiger partial charge in [-0.15, -0.1) is 0 Å². The van der Waals surface area contributed by atoms with Crippen molar-refractivity contribution < 1.29 is 14.5 Å². The third-order valence-corrected chi connectivity index (χ3v) is 4.44. The SMILES string of the molecule is CCNC(=O)CNC(=O)C[NH+](Cc1ccc(C(C)C)cc1)C1CC1. The molecule has 1 fully saturated rings. The summed E-state index contributed by atoms with van der Waals surface area (Å²) in [7, 11) is 0. The van der Waals surface area contributed by atoms with Gasteiger partial charge in [0.05, 0.1) is 12.6 Å². The van der Waals surface area contributed by atoms with Crippen molar-refractivity contribution in [1.29, 1.82) is 0 Å². The Balaban J connectivity index is 1.85. The molecule has 0 aliphatic heterocycles. The smallest absolute Gasteiger partial charge is 0.275 e. The third kappa shape index (κ3) is 5.96. The van der Waals surface area contributed by atoms with E-state index in [4.69, 9.17) is 0 Å². The highest BCUT2D eigenvalue weighted by Crippen LogP contribution is 2.17. The average molecular weight is 332 g/mol. The monoisotopic (exact) mass is 332 g/mol. The first-order valence-electron chi connectivity index (χ1n) is 8.96. The van der Waals surface area contributed by atoms with Crippen LogP contribution in [-0.2, 0) is 16.1 Å². The number of hydrogen-bond donors (Lipinski definition) is 3. The van der Waals surface area contributed by atoms with Gasteiger partial charge in [0.15, 0.2) is 6.54 Å². The maximum Gasteiger partial charge on any atom is 0.275 e. The van der Waals surface area contributed by atoms with Crippen molar-refractivity contribution in [3.8, 4) is 0 Å². The van der Waals surface area contributed by atoms with Crippen molar-refractivity contribution in [2.45, 2.75) is 52.1 Å². The van der Waals surface area contributed by atoms with Gasteiger partial charge < -0.3 is 15.5 Å². The first-order valence-corrected chi connectivity index (χ1v) is 8.96. The second-order valence-corrected chi connectivity index (χ2v) is 6.91. The first kappa shape index (κ1) is 18.5. The molecular formula is C19H30N3O2+. The molecule has 1 aliphatic carbocycles. The van der Waals surface area contributed by atoms with Crippen LogP contribution < -0.4 is 15.5 Å². The minimum Gasteiger partial charge on any atom is -0.355 e. The Morgan fingerprint density at radius 2 is 1.79 bits per heavy atom. The Labute approximate surface area is 144 Å². The Morgan fingerprint density at radius 3 is 2.33 bits per heavy atom. The molecule has 1 aromatic rings. The summed E-state index contributed by atoms with van der Waals surface area (Å²) >= 11 is 0. The molecule has 0 saturated heterocycles. The molecule has 5 nitrogen and oxygen atoms in total. The fourth-order valence-corrected chi connectivity index (χ4v) is 2.83. The van der Waals surface area contributed by atoms with Crippen LogP contribution in [0.5, 0.6) is 0 Å². The average Bonchev–Trinajstić information content (AvgIpc) is 3.38. The number of amides is 2. The van der Waals surface area contributed by atoms with Gasteiger partial charge in [-0.1, -0.05) is 38.1 Å². The number of quaternary nitrogens is 1. The van der Waals surface area contributed by atoms with Crippen LogP contribution in [0.15, 0.2) is 24.3 Å². The van der Waals surface area contributed by atoms with Crippen molar-refractivity contribution in [3.63, 3.8) is 0 Å². The molecule has 0 heterocycles. The zero-order valence-corrected chi connectivity index (χ0v) is 15.0. The van der Waals surface area contributed by atoms with E-state index in [2.05, 4.69) is 48.7 Å². The van der Waals surface area contributed by atoms with Gasteiger partial charge in [0.25, 0.3) is 5.91 Å². The summed E-state index contributed by atoms with van der Waals surface area (Å²) in [5, 5.41) is 5.40. The minimum absolute atomic E-state index is 0.0537. The molecular weight excluding hydrogens is 302 g/mol. The highest BCUT2D eigenvalue weighted by molar-refractivity contribution is 5.84. The fourth-order valence-electron chi connectivity index (χ4n) is 2.83.